The van der Waals surface area contributed by atoms with Gasteiger partial charge in [0.2, 0.25) is 0 Å². The number of carbonyl (C=O) groups excluding carboxylic acids is 1. The van der Waals surface area contributed by atoms with E-state index in [0.717, 1.165) is 5.52 Å². The number of benzene rings is 2. The summed E-state index contributed by atoms with van der Waals surface area (Å²) in [6.07, 6.45) is 6.72. The topological polar surface area (TPSA) is 67.3 Å². The number of nitrogens with zero attached hydrogens (tertiary/aromatic N) is 3. The van der Waals surface area contributed by atoms with Crippen molar-refractivity contribution >= 4 is 40.0 Å². The predicted molar refractivity (Wildman–Crippen MR) is 119 cm³/mol. The van der Waals surface area contributed by atoms with Crippen molar-refractivity contribution in [2.75, 3.05) is 18.4 Å². The molecule has 0 spiro atoms. The molecule has 0 aliphatic rings. The van der Waals surface area contributed by atoms with Crippen molar-refractivity contribution in [1.29, 1.82) is 0 Å². The molecule has 3 aromatic rings. The number of aromatic nitrogens is 2. The van der Waals surface area contributed by atoms with Crippen LogP contribution in [0.3, 0.4) is 0 Å². The van der Waals surface area contributed by atoms with Gasteiger partial charge in [0.1, 0.15) is 5.75 Å². The smallest absolute Gasteiger partial charge is 0.265 e. The second-order valence-corrected chi connectivity index (χ2v) is 6.44. The van der Waals surface area contributed by atoms with Crippen molar-refractivity contribution in [2.45, 2.75) is 0 Å². The number of thiocarbonyl (C=S) groups is 1. The number of rotatable bonds is 7. The Morgan fingerprint density at radius 2 is 1.69 bits per heavy atom. The molecule has 7 heteroatoms. The van der Waals surface area contributed by atoms with Crippen LogP contribution in [0.4, 0.5) is 5.69 Å². The highest BCUT2D eigenvalue weighted by Gasteiger charge is 2.11. The molecule has 29 heavy (non-hydrogen) atoms. The molecule has 0 aliphatic carbocycles. The van der Waals surface area contributed by atoms with E-state index < -0.39 is 0 Å². The van der Waals surface area contributed by atoms with Crippen molar-refractivity contribution in [3.8, 4) is 5.75 Å². The third-order valence-corrected chi connectivity index (χ3v) is 4.35. The maximum Gasteiger partial charge on any atom is 0.265 e. The summed E-state index contributed by atoms with van der Waals surface area (Å²) in [7, 11) is 0. The van der Waals surface area contributed by atoms with Crippen LogP contribution in [0, 0.1) is 0 Å². The van der Waals surface area contributed by atoms with Gasteiger partial charge in [0.05, 0.1) is 11.0 Å². The first-order chi connectivity index (χ1) is 14.1. The summed E-state index contributed by atoms with van der Waals surface area (Å²) in [6.45, 7) is 8.54. The number of hydrogen-bond donors (Lipinski definition) is 1. The average Bonchev–Trinajstić information content (AvgIpc) is 2.74. The van der Waals surface area contributed by atoms with E-state index in [-0.39, 0.29) is 5.91 Å². The molecule has 0 atom stereocenters. The van der Waals surface area contributed by atoms with Crippen LogP contribution in [0.25, 0.3) is 11.0 Å². The third-order valence-electron chi connectivity index (χ3n) is 4.01. The lowest BCUT2D eigenvalue weighted by molar-refractivity contribution is 0.102. The molecule has 6 nitrogen and oxygen atoms in total. The molecule has 2 aromatic carbocycles. The highest BCUT2D eigenvalue weighted by atomic mass is 32.1. The molecule has 0 saturated heterocycles. The Morgan fingerprint density at radius 3 is 2.34 bits per heavy atom. The summed E-state index contributed by atoms with van der Waals surface area (Å²) >= 11 is 5.32. The van der Waals surface area contributed by atoms with Crippen molar-refractivity contribution in [3.63, 3.8) is 0 Å². The number of ether oxygens (including phenoxy) is 1. The Morgan fingerprint density at radius 1 is 1.03 bits per heavy atom. The second kappa shape index (κ2) is 9.57. The third kappa shape index (κ3) is 5.24. The van der Waals surface area contributed by atoms with E-state index >= 15 is 0 Å². The van der Waals surface area contributed by atoms with Gasteiger partial charge in [-0.25, -0.2) is 0 Å². The maximum atomic E-state index is 12.5. The molecule has 1 heterocycles. The van der Waals surface area contributed by atoms with Crippen LogP contribution in [0.1, 0.15) is 10.4 Å². The fourth-order valence-electron chi connectivity index (χ4n) is 2.62. The van der Waals surface area contributed by atoms with Gasteiger partial charge in [-0.2, -0.15) is 0 Å². The van der Waals surface area contributed by atoms with Gasteiger partial charge in [0.15, 0.2) is 0 Å². The van der Waals surface area contributed by atoms with Crippen LogP contribution in [-0.2, 0) is 0 Å². The fourth-order valence-corrected chi connectivity index (χ4v) is 2.86. The summed E-state index contributed by atoms with van der Waals surface area (Å²) in [6, 6.07) is 12.1. The SMILES string of the molecule is C=CCN(CC=C)C(=S)Oc1ccc(C(=O)Nc2ccc3nccnc3c2)cc1. The molecule has 0 unspecified atom stereocenters. The van der Waals surface area contributed by atoms with Gasteiger partial charge in [-0.15, -0.1) is 13.2 Å². The normalized spacial score (nSPS) is 10.2. The zero-order valence-corrected chi connectivity index (χ0v) is 16.6. The lowest BCUT2D eigenvalue weighted by Gasteiger charge is -2.21. The zero-order chi connectivity index (χ0) is 20.6. The summed E-state index contributed by atoms with van der Waals surface area (Å²) in [5, 5.41) is 3.18. The summed E-state index contributed by atoms with van der Waals surface area (Å²) in [4.78, 5) is 22.8. The van der Waals surface area contributed by atoms with Crippen LogP contribution in [0.5, 0.6) is 5.75 Å². The highest BCUT2D eigenvalue weighted by Crippen LogP contribution is 2.18. The largest absolute Gasteiger partial charge is 0.432 e. The molecular formula is C22H20N4O2S. The van der Waals surface area contributed by atoms with Gasteiger partial charge in [-0.3, -0.25) is 14.8 Å². The predicted octanol–water partition coefficient (Wildman–Crippen LogP) is 4.22. The van der Waals surface area contributed by atoms with Gasteiger partial charge < -0.3 is 15.0 Å². The molecule has 0 aliphatic heterocycles. The van der Waals surface area contributed by atoms with E-state index in [4.69, 9.17) is 17.0 Å². The van der Waals surface area contributed by atoms with Crippen LogP contribution in [0.2, 0.25) is 0 Å². The molecule has 0 radical (unpaired) electrons. The molecule has 0 fully saturated rings. The minimum Gasteiger partial charge on any atom is -0.432 e. The van der Waals surface area contributed by atoms with Crippen molar-refractivity contribution < 1.29 is 9.53 Å². The van der Waals surface area contributed by atoms with Gasteiger partial charge in [-0.05, 0) is 54.7 Å². The number of amides is 1. The van der Waals surface area contributed by atoms with Crippen LogP contribution < -0.4 is 10.1 Å². The van der Waals surface area contributed by atoms with Crippen molar-refractivity contribution in [3.05, 3.63) is 85.7 Å². The van der Waals surface area contributed by atoms with E-state index in [0.29, 0.717) is 40.8 Å². The molecule has 0 bridgehead atoms. The number of nitrogens with one attached hydrogen (secondary N) is 1. The molecule has 1 aromatic heterocycles. The Bertz CT molecular complexity index is 1040. The number of hydrogen-bond acceptors (Lipinski definition) is 5. The lowest BCUT2D eigenvalue weighted by atomic mass is 10.2. The Hall–Kier alpha value is -3.58. The Labute approximate surface area is 174 Å². The van der Waals surface area contributed by atoms with Gasteiger partial charge >= 0.3 is 0 Å². The minimum absolute atomic E-state index is 0.234. The van der Waals surface area contributed by atoms with E-state index in [1.165, 1.54) is 0 Å². The van der Waals surface area contributed by atoms with Crippen molar-refractivity contribution in [2.24, 2.45) is 0 Å². The molecular weight excluding hydrogens is 384 g/mol. The van der Waals surface area contributed by atoms with Gasteiger partial charge in [0.25, 0.3) is 11.1 Å². The first-order valence-corrected chi connectivity index (χ1v) is 9.32. The quantitative estimate of drug-likeness (QED) is 0.470. The summed E-state index contributed by atoms with van der Waals surface area (Å²) in [5.41, 5.74) is 2.63. The highest BCUT2D eigenvalue weighted by molar-refractivity contribution is 7.80. The van der Waals surface area contributed by atoms with E-state index in [9.17, 15) is 4.79 Å². The standard InChI is InChI=1S/C22H20N4O2S/c1-3-13-26(14-4-2)22(29)28-18-8-5-16(6-9-18)21(27)25-17-7-10-19-20(15-17)24-12-11-23-19/h3-12,15H,1-2,13-14H2,(H,25,27). The van der Waals surface area contributed by atoms with E-state index in [1.807, 2.05) is 11.0 Å². The van der Waals surface area contributed by atoms with Crippen LogP contribution in [-0.4, -0.2) is 39.0 Å². The lowest BCUT2D eigenvalue weighted by Crippen LogP contribution is -2.33. The fraction of sp³-hybridized carbons (Fsp3) is 0.0909. The first kappa shape index (κ1) is 20.2. The monoisotopic (exact) mass is 404 g/mol. The Kier molecular flexibility index (Phi) is 6.65. The van der Waals surface area contributed by atoms with Crippen LogP contribution >= 0.6 is 12.2 Å². The minimum atomic E-state index is -0.234. The maximum absolute atomic E-state index is 12.5. The number of anilines is 1. The summed E-state index contributed by atoms with van der Waals surface area (Å²) in [5.74, 6) is 0.313. The first-order valence-electron chi connectivity index (χ1n) is 8.91. The average molecular weight is 404 g/mol. The number of carbonyl (C=O) groups is 1. The molecule has 1 amide bonds. The molecule has 3 rings (SSSR count). The van der Waals surface area contributed by atoms with E-state index in [1.54, 1.807) is 60.9 Å². The molecule has 0 saturated carbocycles. The zero-order valence-electron chi connectivity index (χ0n) is 15.7. The van der Waals surface area contributed by atoms with Gasteiger partial charge in [-0.1, -0.05) is 12.2 Å². The van der Waals surface area contributed by atoms with Crippen molar-refractivity contribution in [1.82, 2.24) is 14.9 Å². The second-order valence-electron chi connectivity index (χ2n) is 6.09. The number of fused-ring (bicyclic) bond motifs is 1. The summed E-state index contributed by atoms with van der Waals surface area (Å²) < 4.78 is 5.70. The molecule has 1 N–H and O–H groups in total. The van der Waals surface area contributed by atoms with Gasteiger partial charge in [0, 0.05) is 36.7 Å². The molecule has 146 valence electrons. The van der Waals surface area contributed by atoms with E-state index in [2.05, 4.69) is 28.4 Å². The Balaban J connectivity index is 1.65. The van der Waals surface area contributed by atoms with Crippen LogP contribution in [0.15, 0.2) is 80.2 Å².